The fourth-order valence-corrected chi connectivity index (χ4v) is 4.05. The van der Waals surface area contributed by atoms with Crippen LogP contribution in [0.1, 0.15) is 45.2 Å². The van der Waals surface area contributed by atoms with Crippen molar-refractivity contribution in [2.45, 2.75) is 39.7 Å². The maximum absolute atomic E-state index is 13.0. The molecule has 32 heavy (non-hydrogen) atoms. The number of para-hydroxylation sites is 2. The summed E-state index contributed by atoms with van der Waals surface area (Å²) in [5.41, 5.74) is 3.93. The van der Waals surface area contributed by atoms with E-state index < -0.39 is 6.04 Å². The van der Waals surface area contributed by atoms with Crippen LogP contribution in [0.5, 0.6) is 11.5 Å². The van der Waals surface area contributed by atoms with Crippen LogP contribution < -0.4 is 14.8 Å². The highest BCUT2D eigenvalue weighted by Gasteiger charge is 2.35. The predicted molar refractivity (Wildman–Crippen MR) is 124 cm³/mol. The number of nitrogens with zero attached hydrogens (tertiary/aromatic N) is 2. The Morgan fingerprint density at radius 3 is 2.72 bits per heavy atom. The second-order valence-corrected chi connectivity index (χ2v) is 7.69. The average Bonchev–Trinajstić information content (AvgIpc) is 3.16. The van der Waals surface area contributed by atoms with Crippen molar-refractivity contribution >= 4 is 23.0 Å². The molecule has 0 saturated carbocycles. The van der Waals surface area contributed by atoms with Crippen molar-refractivity contribution < 1.29 is 19.0 Å². The summed E-state index contributed by atoms with van der Waals surface area (Å²) in [5.74, 6) is 1.65. The molecule has 1 unspecified atom stereocenters. The van der Waals surface area contributed by atoms with Crippen LogP contribution in [-0.2, 0) is 9.53 Å². The molecule has 1 aliphatic rings. The van der Waals surface area contributed by atoms with Gasteiger partial charge in [0.1, 0.15) is 0 Å². The monoisotopic (exact) mass is 435 g/mol. The minimum Gasteiger partial charge on any atom is -0.493 e. The lowest BCUT2D eigenvalue weighted by Crippen LogP contribution is -2.29. The molecule has 1 N–H and O–H groups in total. The molecule has 4 rings (SSSR count). The first-order valence-electron chi connectivity index (χ1n) is 11.0. The summed E-state index contributed by atoms with van der Waals surface area (Å²) in [5, 5.41) is 3.29. The van der Waals surface area contributed by atoms with Crippen molar-refractivity contribution in [2.75, 3.05) is 25.6 Å². The summed E-state index contributed by atoms with van der Waals surface area (Å²) in [6.45, 7) is 6.74. The van der Waals surface area contributed by atoms with Crippen molar-refractivity contribution in [1.82, 2.24) is 9.55 Å². The van der Waals surface area contributed by atoms with Crippen molar-refractivity contribution in [2.24, 2.45) is 0 Å². The molecule has 0 bridgehead atoms. The molecular weight excluding hydrogens is 406 g/mol. The van der Waals surface area contributed by atoms with E-state index in [-0.39, 0.29) is 5.97 Å². The molecule has 1 aromatic heterocycles. The van der Waals surface area contributed by atoms with Crippen LogP contribution in [-0.4, -0.2) is 35.8 Å². The van der Waals surface area contributed by atoms with E-state index in [2.05, 4.69) is 12.2 Å². The SMILES string of the molecule is CCCCOc1ccc(C2C(C(=O)OCC)=C(C)Nc3nc4ccccc4n32)cc1OC. The Kier molecular flexibility index (Phi) is 6.35. The van der Waals surface area contributed by atoms with Gasteiger partial charge in [0.05, 0.1) is 43.0 Å². The highest BCUT2D eigenvalue weighted by atomic mass is 16.5. The molecule has 168 valence electrons. The molecule has 0 saturated heterocycles. The van der Waals surface area contributed by atoms with Crippen LogP contribution in [0.15, 0.2) is 53.7 Å². The molecule has 2 aromatic carbocycles. The van der Waals surface area contributed by atoms with Gasteiger partial charge in [0.15, 0.2) is 11.5 Å². The summed E-state index contributed by atoms with van der Waals surface area (Å²) in [6.07, 6.45) is 2.03. The van der Waals surface area contributed by atoms with Gasteiger partial charge in [-0.15, -0.1) is 0 Å². The number of carbonyl (C=O) groups excluding carboxylic acids is 1. The number of imidazole rings is 1. The Bertz CT molecular complexity index is 1170. The standard InChI is InChI=1S/C25H29N3O4/c1-5-7-14-32-20-13-12-17(15-21(20)30-4)23-22(24(29)31-6-2)16(3)26-25-27-18-10-8-9-11-19(18)28(23)25/h8-13,15,23H,5-7,14H2,1-4H3,(H,26,27). The Morgan fingerprint density at radius 1 is 1.16 bits per heavy atom. The van der Waals surface area contributed by atoms with Crippen molar-refractivity contribution in [3.05, 3.63) is 59.3 Å². The van der Waals surface area contributed by atoms with E-state index in [1.807, 2.05) is 60.9 Å². The third kappa shape index (κ3) is 3.90. The summed E-state index contributed by atoms with van der Waals surface area (Å²) in [6, 6.07) is 13.3. The van der Waals surface area contributed by atoms with E-state index in [1.165, 1.54) is 0 Å². The Morgan fingerprint density at radius 2 is 1.97 bits per heavy atom. The van der Waals surface area contributed by atoms with E-state index in [1.54, 1.807) is 7.11 Å². The zero-order valence-corrected chi connectivity index (χ0v) is 19.0. The van der Waals surface area contributed by atoms with Gasteiger partial charge in [-0.05, 0) is 50.1 Å². The maximum atomic E-state index is 13.0. The number of esters is 1. The van der Waals surface area contributed by atoms with E-state index >= 15 is 0 Å². The Labute approximate surface area is 188 Å². The Balaban J connectivity index is 1.86. The van der Waals surface area contributed by atoms with Crippen LogP contribution in [0, 0.1) is 0 Å². The molecule has 0 spiro atoms. The van der Waals surface area contributed by atoms with Gasteiger partial charge in [-0.25, -0.2) is 9.78 Å². The van der Waals surface area contributed by atoms with Gasteiger partial charge >= 0.3 is 5.97 Å². The second kappa shape index (κ2) is 9.34. The van der Waals surface area contributed by atoms with Gasteiger partial charge in [0, 0.05) is 5.70 Å². The molecule has 0 fully saturated rings. The molecule has 1 aliphatic heterocycles. The molecular formula is C25H29N3O4. The molecule has 0 amide bonds. The molecule has 0 radical (unpaired) electrons. The summed E-state index contributed by atoms with van der Waals surface area (Å²) in [4.78, 5) is 17.8. The Hall–Kier alpha value is -3.48. The van der Waals surface area contributed by atoms with Gasteiger partial charge in [0.25, 0.3) is 0 Å². The predicted octanol–water partition coefficient (Wildman–Crippen LogP) is 5.08. The van der Waals surface area contributed by atoms with E-state index in [0.717, 1.165) is 35.1 Å². The largest absolute Gasteiger partial charge is 0.493 e. The normalized spacial score (nSPS) is 15.3. The minimum absolute atomic E-state index is 0.299. The number of rotatable bonds is 8. The molecule has 1 atom stereocenters. The first-order chi connectivity index (χ1) is 15.6. The van der Waals surface area contributed by atoms with Crippen LogP contribution in [0.4, 0.5) is 5.95 Å². The van der Waals surface area contributed by atoms with E-state index in [9.17, 15) is 4.79 Å². The highest BCUT2D eigenvalue weighted by molar-refractivity contribution is 5.94. The number of unbranched alkanes of at least 4 members (excludes halogenated alkanes) is 1. The number of hydrogen-bond acceptors (Lipinski definition) is 6. The molecule has 2 heterocycles. The summed E-state index contributed by atoms with van der Waals surface area (Å²) < 4.78 is 19.0. The number of carbonyl (C=O) groups is 1. The minimum atomic E-state index is -0.420. The van der Waals surface area contributed by atoms with Gasteiger partial charge in [-0.2, -0.15) is 0 Å². The van der Waals surface area contributed by atoms with Gasteiger partial charge < -0.3 is 19.5 Å². The fraction of sp³-hybridized carbons (Fsp3) is 0.360. The zero-order chi connectivity index (χ0) is 22.7. The van der Waals surface area contributed by atoms with Crippen molar-refractivity contribution in [3.63, 3.8) is 0 Å². The van der Waals surface area contributed by atoms with Crippen LogP contribution >= 0.6 is 0 Å². The maximum Gasteiger partial charge on any atom is 0.338 e. The van der Waals surface area contributed by atoms with Gasteiger partial charge in [0.2, 0.25) is 5.95 Å². The number of hydrogen-bond donors (Lipinski definition) is 1. The summed E-state index contributed by atoms with van der Waals surface area (Å²) in [7, 11) is 1.62. The smallest absolute Gasteiger partial charge is 0.338 e. The zero-order valence-electron chi connectivity index (χ0n) is 19.0. The quantitative estimate of drug-likeness (QED) is 0.393. The lowest BCUT2D eigenvalue weighted by molar-refractivity contribution is -0.139. The number of benzene rings is 2. The van der Waals surface area contributed by atoms with Gasteiger partial charge in [-0.1, -0.05) is 31.5 Å². The first-order valence-corrected chi connectivity index (χ1v) is 11.0. The van der Waals surface area contributed by atoms with Crippen LogP contribution in [0.3, 0.4) is 0 Å². The average molecular weight is 436 g/mol. The van der Waals surface area contributed by atoms with E-state index in [4.69, 9.17) is 19.2 Å². The topological polar surface area (TPSA) is 74.6 Å². The van der Waals surface area contributed by atoms with Gasteiger partial charge in [-0.3, -0.25) is 4.57 Å². The molecule has 7 heteroatoms. The number of allylic oxidation sites excluding steroid dienone is 1. The lowest BCUT2D eigenvalue weighted by atomic mass is 9.94. The highest BCUT2D eigenvalue weighted by Crippen LogP contribution is 2.41. The number of methoxy groups -OCH3 is 1. The van der Waals surface area contributed by atoms with Crippen LogP contribution in [0.25, 0.3) is 11.0 Å². The summed E-state index contributed by atoms with van der Waals surface area (Å²) >= 11 is 0. The number of aromatic nitrogens is 2. The lowest BCUT2D eigenvalue weighted by Gasteiger charge is -2.30. The first kappa shape index (κ1) is 21.7. The van der Waals surface area contributed by atoms with Crippen LogP contribution in [0.2, 0.25) is 0 Å². The number of fused-ring (bicyclic) bond motifs is 3. The fourth-order valence-electron chi connectivity index (χ4n) is 4.05. The second-order valence-electron chi connectivity index (χ2n) is 7.69. The molecule has 7 nitrogen and oxygen atoms in total. The number of nitrogens with one attached hydrogen (secondary N) is 1. The third-order valence-electron chi connectivity index (χ3n) is 5.58. The molecule has 0 aliphatic carbocycles. The number of anilines is 1. The third-order valence-corrected chi connectivity index (χ3v) is 5.58. The molecule has 3 aromatic rings. The number of ether oxygens (including phenoxy) is 3. The van der Waals surface area contributed by atoms with Crippen molar-refractivity contribution in [1.29, 1.82) is 0 Å². The van der Waals surface area contributed by atoms with Crippen molar-refractivity contribution in [3.8, 4) is 11.5 Å². The van der Waals surface area contributed by atoms with E-state index in [0.29, 0.717) is 36.2 Å².